The molecule has 0 radical (unpaired) electrons. The number of ether oxygens (including phenoxy) is 1. The van der Waals surface area contributed by atoms with Crippen LogP contribution in [-0.2, 0) is 11.8 Å². The van der Waals surface area contributed by atoms with E-state index in [1.807, 2.05) is 18.2 Å². The van der Waals surface area contributed by atoms with Gasteiger partial charge in [-0.25, -0.2) is 0 Å². The zero-order chi connectivity index (χ0) is 13.0. The predicted molar refractivity (Wildman–Crippen MR) is 79.7 cm³/mol. The Morgan fingerprint density at radius 2 is 1.78 bits per heavy atom. The highest BCUT2D eigenvalue weighted by atomic mass is 79.9. The molecular weight excluding hydrogens is 288 g/mol. The van der Waals surface area contributed by atoms with E-state index in [2.05, 4.69) is 54.0 Å². The molecule has 2 aromatic rings. The topological polar surface area (TPSA) is 9.23 Å². The molecule has 0 aliphatic rings. The quantitative estimate of drug-likeness (QED) is 0.701. The Balaban J connectivity index is 2.22. The summed E-state index contributed by atoms with van der Waals surface area (Å²) in [4.78, 5) is 0. The van der Waals surface area contributed by atoms with E-state index in [0.29, 0.717) is 0 Å². The zero-order valence-electron chi connectivity index (χ0n) is 10.7. The number of benzene rings is 2. The highest BCUT2D eigenvalue weighted by molar-refractivity contribution is 9.08. The van der Waals surface area contributed by atoms with Crippen LogP contribution in [0.1, 0.15) is 23.6 Å². The maximum Gasteiger partial charge on any atom is 0.131 e. The van der Waals surface area contributed by atoms with Gasteiger partial charge in [0.25, 0.3) is 0 Å². The van der Waals surface area contributed by atoms with E-state index in [-0.39, 0.29) is 0 Å². The van der Waals surface area contributed by atoms with E-state index in [4.69, 9.17) is 4.74 Å². The molecule has 0 heterocycles. The minimum absolute atomic E-state index is 0.803. The van der Waals surface area contributed by atoms with Crippen LogP contribution in [-0.4, -0.2) is 0 Å². The van der Waals surface area contributed by atoms with Crippen molar-refractivity contribution in [3.8, 4) is 11.5 Å². The molecule has 1 nitrogen and oxygen atoms in total. The number of halogens is 1. The average molecular weight is 305 g/mol. The lowest BCUT2D eigenvalue weighted by atomic mass is 10.1. The molecule has 0 bridgehead atoms. The molecular formula is C16H17BrO. The number of alkyl halides is 1. The van der Waals surface area contributed by atoms with Crippen molar-refractivity contribution in [2.24, 2.45) is 0 Å². The molecule has 0 aliphatic carbocycles. The Morgan fingerprint density at radius 3 is 2.39 bits per heavy atom. The van der Waals surface area contributed by atoms with Gasteiger partial charge >= 0.3 is 0 Å². The zero-order valence-corrected chi connectivity index (χ0v) is 12.3. The van der Waals surface area contributed by atoms with Crippen LogP contribution >= 0.6 is 15.9 Å². The van der Waals surface area contributed by atoms with Crippen molar-refractivity contribution in [2.75, 3.05) is 0 Å². The van der Waals surface area contributed by atoms with Gasteiger partial charge < -0.3 is 4.74 Å². The summed E-state index contributed by atoms with van der Waals surface area (Å²) in [6.45, 7) is 4.24. The Bertz CT molecular complexity index is 517. The van der Waals surface area contributed by atoms with Gasteiger partial charge in [-0.1, -0.05) is 52.7 Å². The van der Waals surface area contributed by atoms with Gasteiger partial charge in [0.1, 0.15) is 11.5 Å². The second-order valence-electron chi connectivity index (χ2n) is 4.34. The Hall–Kier alpha value is -1.28. The normalized spacial score (nSPS) is 10.4. The van der Waals surface area contributed by atoms with Gasteiger partial charge in [-0.05, 0) is 37.1 Å². The fraction of sp³-hybridized carbons (Fsp3) is 0.250. The summed E-state index contributed by atoms with van der Waals surface area (Å²) in [5.41, 5.74) is 3.75. The second kappa shape index (κ2) is 6.05. The summed E-state index contributed by atoms with van der Waals surface area (Å²) in [6.07, 6.45) is 1.05. The minimum atomic E-state index is 0.803. The number of hydrogen-bond donors (Lipinski definition) is 0. The van der Waals surface area contributed by atoms with Crippen LogP contribution < -0.4 is 4.74 Å². The largest absolute Gasteiger partial charge is 0.457 e. The van der Waals surface area contributed by atoms with Crippen molar-refractivity contribution >= 4 is 15.9 Å². The third-order valence-corrected chi connectivity index (χ3v) is 3.52. The van der Waals surface area contributed by atoms with Crippen molar-refractivity contribution in [2.45, 2.75) is 25.6 Å². The number of rotatable bonds is 4. The maximum absolute atomic E-state index is 5.92. The molecule has 94 valence electrons. The van der Waals surface area contributed by atoms with Gasteiger partial charge in [0.05, 0.1) is 0 Å². The predicted octanol–water partition coefficient (Wildman–Crippen LogP) is 5.24. The molecule has 0 N–H and O–H groups in total. The van der Waals surface area contributed by atoms with E-state index >= 15 is 0 Å². The van der Waals surface area contributed by atoms with Crippen molar-refractivity contribution in [1.82, 2.24) is 0 Å². The van der Waals surface area contributed by atoms with Gasteiger partial charge in [-0.2, -0.15) is 0 Å². The molecule has 2 aromatic carbocycles. The Kier molecular flexibility index (Phi) is 4.43. The van der Waals surface area contributed by atoms with Crippen molar-refractivity contribution in [1.29, 1.82) is 0 Å². The third-order valence-electron chi connectivity index (χ3n) is 2.92. The van der Waals surface area contributed by atoms with Crippen LogP contribution in [0.15, 0.2) is 42.5 Å². The Labute approximate surface area is 117 Å². The van der Waals surface area contributed by atoms with Gasteiger partial charge in [0.2, 0.25) is 0 Å². The minimum Gasteiger partial charge on any atom is -0.457 e. The molecule has 2 heteroatoms. The van der Waals surface area contributed by atoms with Gasteiger partial charge in [0, 0.05) is 10.9 Å². The SMILES string of the molecule is CCc1ccc(Oc2ccc(C)cc2CBr)cc1. The number of aryl methyl sites for hydroxylation is 2. The second-order valence-corrected chi connectivity index (χ2v) is 4.91. The van der Waals surface area contributed by atoms with E-state index in [1.165, 1.54) is 16.7 Å². The summed E-state index contributed by atoms with van der Waals surface area (Å²) in [6, 6.07) is 14.5. The molecule has 0 spiro atoms. The van der Waals surface area contributed by atoms with Crippen LogP contribution in [0.2, 0.25) is 0 Å². The van der Waals surface area contributed by atoms with Crippen LogP contribution in [0.3, 0.4) is 0 Å². The van der Waals surface area contributed by atoms with Gasteiger partial charge in [0.15, 0.2) is 0 Å². The lowest BCUT2D eigenvalue weighted by Crippen LogP contribution is -1.90. The summed E-state index contributed by atoms with van der Waals surface area (Å²) < 4.78 is 5.92. The molecule has 0 amide bonds. The van der Waals surface area contributed by atoms with Crippen LogP contribution in [0, 0.1) is 6.92 Å². The van der Waals surface area contributed by atoms with E-state index in [1.54, 1.807) is 0 Å². The third kappa shape index (κ3) is 3.14. The van der Waals surface area contributed by atoms with Crippen LogP contribution in [0.4, 0.5) is 0 Å². The fourth-order valence-electron chi connectivity index (χ4n) is 1.83. The lowest BCUT2D eigenvalue weighted by molar-refractivity contribution is 0.478. The first-order chi connectivity index (χ1) is 8.72. The summed E-state index contributed by atoms with van der Waals surface area (Å²) in [5, 5.41) is 0.803. The van der Waals surface area contributed by atoms with E-state index in [9.17, 15) is 0 Å². The first-order valence-corrected chi connectivity index (χ1v) is 7.27. The highest BCUT2D eigenvalue weighted by Gasteiger charge is 2.04. The van der Waals surface area contributed by atoms with Gasteiger partial charge in [-0.3, -0.25) is 0 Å². The molecule has 0 atom stereocenters. The van der Waals surface area contributed by atoms with Gasteiger partial charge in [-0.15, -0.1) is 0 Å². The summed E-state index contributed by atoms with van der Waals surface area (Å²) in [5.74, 6) is 1.81. The molecule has 0 aromatic heterocycles. The molecule has 18 heavy (non-hydrogen) atoms. The van der Waals surface area contributed by atoms with Crippen LogP contribution in [0.5, 0.6) is 11.5 Å². The molecule has 0 saturated carbocycles. The van der Waals surface area contributed by atoms with Crippen molar-refractivity contribution in [3.63, 3.8) is 0 Å². The summed E-state index contributed by atoms with van der Waals surface area (Å²) in [7, 11) is 0. The standard InChI is InChI=1S/C16H17BrO/c1-3-13-5-7-15(8-6-13)18-16-9-4-12(2)10-14(16)11-17/h4-10H,3,11H2,1-2H3. The first kappa shape index (κ1) is 13.2. The fourth-order valence-corrected chi connectivity index (χ4v) is 2.27. The monoisotopic (exact) mass is 304 g/mol. The Morgan fingerprint density at radius 1 is 1.06 bits per heavy atom. The smallest absolute Gasteiger partial charge is 0.131 e. The first-order valence-electron chi connectivity index (χ1n) is 6.15. The van der Waals surface area contributed by atoms with Crippen molar-refractivity contribution in [3.05, 3.63) is 59.2 Å². The lowest BCUT2D eigenvalue weighted by Gasteiger charge is -2.10. The molecule has 2 rings (SSSR count). The molecule has 0 unspecified atom stereocenters. The highest BCUT2D eigenvalue weighted by Crippen LogP contribution is 2.28. The summed E-state index contributed by atoms with van der Waals surface area (Å²) >= 11 is 3.50. The molecule has 0 fully saturated rings. The maximum atomic E-state index is 5.92. The van der Waals surface area contributed by atoms with Crippen molar-refractivity contribution < 1.29 is 4.74 Å². The van der Waals surface area contributed by atoms with Crippen LogP contribution in [0.25, 0.3) is 0 Å². The van der Waals surface area contributed by atoms with E-state index < -0.39 is 0 Å². The average Bonchev–Trinajstić information content (AvgIpc) is 2.41. The molecule has 0 aliphatic heterocycles. The number of hydrogen-bond acceptors (Lipinski definition) is 1. The van der Waals surface area contributed by atoms with E-state index in [0.717, 1.165) is 23.2 Å². The molecule has 0 saturated heterocycles.